The molecule has 0 fully saturated rings. The van der Waals surface area contributed by atoms with Crippen LogP contribution < -0.4 is 24.8 Å². The summed E-state index contributed by atoms with van der Waals surface area (Å²) in [5, 5.41) is 5.81. The van der Waals surface area contributed by atoms with E-state index in [-0.39, 0.29) is 11.0 Å². The van der Waals surface area contributed by atoms with Crippen LogP contribution in [0.2, 0.25) is 0 Å². The first kappa shape index (κ1) is 17.0. The van der Waals surface area contributed by atoms with E-state index in [0.29, 0.717) is 29.4 Å². The van der Waals surface area contributed by atoms with E-state index in [9.17, 15) is 4.79 Å². The van der Waals surface area contributed by atoms with Crippen LogP contribution in [0.5, 0.6) is 17.2 Å². The van der Waals surface area contributed by atoms with Crippen LogP contribution >= 0.6 is 12.2 Å². The Hall–Kier alpha value is -2.02. The quantitative estimate of drug-likeness (QED) is 0.780. The van der Waals surface area contributed by atoms with Crippen LogP contribution in [-0.4, -0.2) is 38.9 Å². The molecule has 0 unspecified atom stereocenters. The second kappa shape index (κ2) is 8.31. The number of carbonyl (C=O) groups is 1. The molecule has 1 rings (SSSR count). The molecule has 0 aliphatic heterocycles. The number of ether oxygens (including phenoxy) is 3. The monoisotopic (exact) mass is 312 g/mol. The molecule has 21 heavy (non-hydrogen) atoms. The molecule has 0 radical (unpaired) electrons. The van der Waals surface area contributed by atoms with Crippen molar-refractivity contribution in [3.05, 3.63) is 17.7 Å². The van der Waals surface area contributed by atoms with E-state index in [1.807, 2.05) is 6.92 Å². The maximum Gasteiger partial charge on any atom is 0.257 e. The highest BCUT2D eigenvalue weighted by molar-refractivity contribution is 7.80. The van der Waals surface area contributed by atoms with Crippen molar-refractivity contribution in [3.8, 4) is 17.2 Å². The third kappa shape index (κ3) is 4.49. The van der Waals surface area contributed by atoms with Gasteiger partial charge in [-0.1, -0.05) is 6.92 Å². The summed E-state index contributed by atoms with van der Waals surface area (Å²) in [7, 11) is 4.49. The summed E-state index contributed by atoms with van der Waals surface area (Å²) in [5.41, 5.74) is 0.366. The zero-order valence-corrected chi connectivity index (χ0v) is 13.4. The van der Waals surface area contributed by atoms with Crippen molar-refractivity contribution in [3.63, 3.8) is 0 Å². The van der Waals surface area contributed by atoms with Crippen LogP contribution in [-0.2, 0) is 0 Å². The molecule has 0 saturated heterocycles. The predicted octanol–water partition coefficient (Wildman–Crippen LogP) is 1.73. The fourth-order valence-electron chi connectivity index (χ4n) is 1.67. The second-order valence-electron chi connectivity index (χ2n) is 4.12. The van der Waals surface area contributed by atoms with E-state index in [1.165, 1.54) is 21.3 Å². The number of benzene rings is 1. The van der Waals surface area contributed by atoms with Gasteiger partial charge in [0.15, 0.2) is 16.6 Å². The van der Waals surface area contributed by atoms with E-state index in [2.05, 4.69) is 10.6 Å². The number of hydrogen-bond donors (Lipinski definition) is 2. The first-order valence-electron chi connectivity index (χ1n) is 6.46. The van der Waals surface area contributed by atoms with Crippen molar-refractivity contribution < 1.29 is 19.0 Å². The fraction of sp³-hybridized carbons (Fsp3) is 0.429. The molecule has 1 aromatic rings. The van der Waals surface area contributed by atoms with Crippen molar-refractivity contribution in [1.29, 1.82) is 0 Å². The minimum Gasteiger partial charge on any atom is -0.493 e. The molecule has 0 spiro atoms. The Bertz CT molecular complexity index is 495. The lowest BCUT2D eigenvalue weighted by molar-refractivity contribution is 0.0976. The highest BCUT2D eigenvalue weighted by Crippen LogP contribution is 2.38. The Balaban J connectivity index is 2.97. The Morgan fingerprint density at radius 1 is 1.14 bits per heavy atom. The highest BCUT2D eigenvalue weighted by atomic mass is 32.1. The summed E-state index contributed by atoms with van der Waals surface area (Å²) in [5.74, 6) is 0.912. The normalized spacial score (nSPS) is 9.71. The van der Waals surface area contributed by atoms with Gasteiger partial charge in [0.25, 0.3) is 5.91 Å². The molecule has 116 valence electrons. The van der Waals surface area contributed by atoms with Gasteiger partial charge >= 0.3 is 0 Å². The Morgan fingerprint density at radius 2 is 1.71 bits per heavy atom. The summed E-state index contributed by atoms with van der Waals surface area (Å²) in [4.78, 5) is 12.2. The van der Waals surface area contributed by atoms with Gasteiger partial charge in [-0.25, -0.2) is 0 Å². The second-order valence-corrected chi connectivity index (χ2v) is 4.53. The number of thiocarbonyl (C=S) groups is 1. The van der Waals surface area contributed by atoms with E-state index < -0.39 is 0 Å². The largest absolute Gasteiger partial charge is 0.493 e. The van der Waals surface area contributed by atoms with Crippen molar-refractivity contribution in [2.45, 2.75) is 13.3 Å². The molecule has 1 amide bonds. The number of amides is 1. The van der Waals surface area contributed by atoms with Gasteiger partial charge in [0.2, 0.25) is 5.75 Å². The van der Waals surface area contributed by atoms with E-state index in [1.54, 1.807) is 12.1 Å². The van der Waals surface area contributed by atoms with Crippen LogP contribution in [0.4, 0.5) is 0 Å². The van der Waals surface area contributed by atoms with E-state index in [4.69, 9.17) is 26.4 Å². The summed E-state index contributed by atoms with van der Waals surface area (Å²) >= 11 is 5.04. The molecular formula is C14H20N2O4S. The average molecular weight is 312 g/mol. The van der Waals surface area contributed by atoms with Gasteiger partial charge in [-0.2, -0.15) is 0 Å². The highest BCUT2D eigenvalue weighted by Gasteiger charge is 2.17. The molecule has 0 atom stereocenters. The summed E-state index contributed by atoms with van der Waals surface area (Å²) in [6.45, 7) is 2.71. The molecular weight excluding hydrogens is 292 g/mol. The summed E-state index contributed by atoms with van der Waals surface area (Å²) in [6.07, 6.45) is 0.917. The van der Waals surface area contributed by atoms with Gasteiger partial charge in [0.1, 0.15) is 0 Å². The number of hydrogen-bond acceptors (Lipinski definition) is 5. The topological polar surface area (TPSA) is 68.8 Å². The number of carbonyl (C=O) groups excluding carboxylic acids is 1. The Morgan fingerprint density at radius 3 is 2.14 bits per heavy atom. The van der Waals surface area contributed by atoms with Crippen LogP contribution in [0.1, 0.15) is 23.7 Å². The maximum absolute atomic E-state index is 12.2. The molecule has 0 aromatic heterocycles. The van der Waals surface area contributed by atoms with Gasteiger partial charge in [-0.05, 0) is 30.8 Å². The van der Waals surface area contributed by atoms with Gasteiger partial charge < -0.3 is 19.5 Å². The number of rotatable bonds is 6. The smallest absolute Gasteiger partial charge is 0.257 e. The SMILES string of the molecule is CCCNC(=S)NC(=O)c1cc(OC)c(OC)c(OC)c1. The first-order chi connectivity index (χ1) is 10.1. The Labute approximate surface area is 129 Å². The predicted molar refractivity (Wildman–Crippen MR) is 84.5 cm³/mol. The van der Waals surface area contributed by atoms with Crippen LogP contribution in [0, 0.1) is 0 Å². The van der Waals surface area contributed by atoms with Gasteiger partial charge in [0.05, 0.1) is 21.3 Å². The molecule has 0 aliphatic rings. The minimum atomic E-state index is -0.345. The third-order valence-corrected chi connectivity index (χ3v) is 2.94. The van der Waals surface area contributed by atoms with Crippen LogP contribution in [0.3, 0.4) is 0 Å². The lowest BCUT2D eigenvalue weighted by atomic mass is 10.1. The summed E-state index contributed by atoms with van der Waals surface area (Å²) in [6, 6.07) is 3.14. The standard InChI is InChI=1S/C14H20N2O4S/c1-5-6-15-14(21)16-13(17)9-7-10(18-2)12(20-4)11(8-9)19-3/h7-8H,5-6H2,1-4H3,(H2,15,16,17,21). The fourth-order valence-corrected chi connectivity index (χ4v) is 1.86. The average Bonchev–Trinajstić information content (AvgIpc) is 2.51. The molecule has 0 aliphatic carbocycles. The zero-order valence-electron chi connectivity index (χ0n) is 12.6. The van der Waals surface area contributed by atoms with E-state index >= 15 is 0 Å². The molecule has 1 aromatic carbocycles. The maximum atomic E-state index is 12.2. The third-order valence-electron chi connectivity index (χ3n) is 2.69. The van der Waals surface area contributed by atoms with Crippen LogP contribution in [0.15, 0.2) is 12.1 Å². The van der Waals surface area contributed by atoms with Crippen LogP contribution in [0.25, 0.3) is 0 Å². The van der Waals surface area contributed by atoms with Gasteiger partial charge in [0, 0.05) is 12.1 Å². The molecule has 0 bridgehead atoms. The van der Waals surface area contributed by atoms with Crippen molar-refractivity contribution >= 4 is 23.2 Å². The van der Waals surface area contributed by atoms with Crippen molar-refractivity contribution in [2.75, 3.05) is 27.9 Å². The van der Waals surface area contributed by atoms with E-state index in [0.717, 1.165) is 6.42 Å². The summed E-state index contributed by atoms with van der Waals surface area (Å²) < 4.78 is 15.6. The molecule has 6 nitrogen and oxygen atoms in total. The number of methoxy groups -OCH3 is 3. The van der Waals surface area contributed by atoms with Crippen molar-refractivity contribution in [1.82, 2.24) is 10.6 Å². The molecule has 0 saturated carbocycles. The minimum absolute atomic E-state index is 0.288. The Kier molecular flexibility index (Phi) is 6.74. The molecule has 0 heterocycles. The first-order valence-corrected chi connectivity index (χ1v) is 6.87. The van der Waals surface area contributed by atoms with Crippen molar-refractivity contribution in [2.24, 2.45) is 0 Å². The van der Waals surface area contributed by atoms with Gasteiger partial charge in [-0.15, -0.1) is 0 Å². The zero-order chi connectivity index (χ0) is 15.8. The lowest BCUT2D eigenvalue weighted by Gasteiger charge is -2.14. The number of nitrogens with one attached hydrogen (secondary N) is 2. The lowest BCUT2D eigenvalue weighted by Crippen LogP contribution is -2.39. The molecule has 2 N–H and O–H groups in total. The van der Waals surface area contributed by atoms with Gasteiger partial charge in [-0.3, -0.25) is 10.1 Å². The molecule has 7 heteroatoms.